The van der Waals surface area contributed by atoms with E-state index in [0.717, 1.165) is 42.4 Å². The first-order chi connectivity index (χ1) is 13.6. The Morgan fingerprint density at radius 1 is 1.07 bits per heavy atom. The van der Waals surface area contributed by atoms with Crippen LogP contribution in [0.15, 0.2) is 53.4 Å². The summed E-state index contributed by atoms with van der Waals surface area (Å²) in [7, 11) is -3.69. The summed E-state index contributed by atoms with van der Waals surface area (Å²) in [4.78, 5) is 12.5. The van der Waals surface area contributed by atoms with Gasteiger partial charge in [0.15, 0.2) is 0 Å². The quantitative estimate of drug-likeness (QED) is 0.723. The molecule has 4 rings (SSSR count). The highest BCUT2D eigenvalue weighted by Crippen LogP contribution is 2.30. The highest BCUT2D eigenvalue weighted by molar-refractivity contribution is 7.90. The van der Waals surface area contributed by atoms with E-state index >= 15 is 0 Å². The van der Waals surface area contributed by atoms with Gasteiger partial charge in [0.1, 0.15) is 16.7 Å². The molecule has 1 amide bonds. The minimum atomic E-state index is -3.69. The van der Waals surface area contributed by atoms with Crippen LogP contribution >= 0.6 is 0 Å². The van der Waals surface area contributed by atoms with Crippen molar-refractivity contribution in [1.82, 2.24) is 9.62 Å². The molecule has 6 nitrogen and oxygen atoms in total. The summed E-state index contributed by atoms with van der Waals surface area (Å²) in [6.45, 7) is 1.74. The molecule has 28 heavy (non-hydrogen) atoms. The van der Waals surface area contributed by atoms with Gasteiger partial charge in [0.05, 0.1) is 5.56 Å². The number of ether oxygens (including phenoxy) is 1. The van der Waals surface area contributed by atoms with Gasteiger partial charge in [0, 0.05) is 13.1 Å². The maximum atomic E-state index is 12.5. The van der Waals surface area contributed by atoms with Crippen LogP contribution in [0.25, 0.3) is 0 Å². The van der Waals surface area contributed by atoms with Crippen LogP contribution in [0.2, 0.25) is 0 Å². The van der Waals surface area contributed by atoms with E-state index in [1.807, 2.05) is 18.2 Å². The number of carbonyl (C=O) groups is 1. The molecule has 0 radical (unpaired) electrons. The third-order valence-electron chi connectivity index (χ3n) is 5.25. The van der Waals surface area contributed by atoms with Crippen LogP contribution in [0, 0.1) is 0 Å². The number of aryl methyl sites for hydroxylation is 1. The van der Waals surface area contributed by atoms with E-state index in [4.69, 9.17) is 4.74 Å². The van der Waals surface area contributed by atoms with Gasteiger partial charge >= 0.3 is 0 Å². The van der Waals surface area contributed by atoms with Gasteiger partial charge in [-0.15, -0.1) is 0 Å². The van der Waals surface area contributed by atoms with E-state index in [1.54, 1.807) is 18.2 Å². The second-order valence-corrected chi connectivity index (χ2v) is 9.01. The number of carbonyl (C=O) groups excluding carboxylic acids is 1. The second kappa shape index (κ2) is 7.93. The summed E-state index contributed by atoms with van der Waals surface area (Å²) in [5, 5.41) is 3.38. The van der Waals surface area contributed by atoms with E-state index in [-0.39, 0.29) is 23.1 Å². The summed E-state index contributed by atoms with van der Waals surface area (Å²) in [6, 6.07) is 14.5. The molecule has 0 spiro atoms. The van der Waals surface area contributed by atoms with E-state index in [0.29, 0.717) is 6.42 Å². The average molecular weight is 401 g/mol. The van der Waals surface area contributed by atoms with Gasteiger partial charge in [-0.2, -0.15) is 0 Å². The van der Waals surface area contributed by atoms with Gasteiger partial charge in [0.25, 0.3) is 15.9 Å². The van der Waals surface area contributed by atoms with Gasteiger partial charge in [0.2, 0.25) is 0 Å². The number of nitrogens with one attached hydrogen (secondary N) is 1. The van der Waals surface area contributed by atoms with Crippen LogP contribution in [0.1, 0.15) is 35.2 Å². The van der Waals surface area contributed by atoms with Crippen molar-refractivity contribution in [2.45, 2.75) is 36.7 Å². The van der Waals surface area contributed by atoms with E-state index < -0.39 is 15.9 Å². The molecule has 1 atom stereocenters. The maximum absolute atomic E-state index is 12.5. The smallest absolute Gasteiger partial charge is 0.269 e. The SMILES string of the molecule is O=C1c2ccccc2S(=O)(=O)N1CCCCNC[C@@H]1CCc2ccccc2O1. The van der Waals surface area contributed by atoms with Crippen molar-refractivity contribution in [3.05, 3.63) is 59.7 Å². The fourth-order valence-electron chi connectivity index (χ4n) is 3.74. The molecule has 0 fully saturated rings. The summed E-state index contributed by atoms with van der Waals surface area (Å²) < 4.78 is 32.0. The Labute approximate surface area is 165 Å². The molecular weight excluding hydrogens is 376 g/mol. The number of rotatable bonds is 7. The fraction of sp³-hybridized carbons (Fsp3) is 0.381. The first-order valence-corrected chi connectivity index (χ1v) is 11.1. The van der Waals surface area contributed by atoms with Crippen LogP contribution in [0.5, 0.6) is 5.75 Å². The predicted molar refractivity (Wildman–Crippen MR) is 106 cm³/mol. The number of unbranched alkanes of at least 4 members (excludes halogenated alkanes) is 1. The topological polar surface area (TPSA) is 75.7 Å². The number of fused-ring (bicyclic) bond motifs is 2. The molecule has 0 aromatic heterocycles. The zero-order valence-electron chi connectivity index (χ0n) is 15.6. The van der Waals surface area contributed by atoms with Gasteiger partial charge in [-0.1, -0.05) is 30.3 Å². The highest BCUT2D eigenvalue weighted by atomic mass is 32.2. The highest BCUT2D eigenvalue weighted by Gasteiger charge is 2.40. The fourth-order valence-corrected chi connectivity index (χ4v) is 5.35. The van der Waals surface area contributed by atoms with Crippen LogP contribution in [-0.2, 0) is 16.4 Å². The lowest BCUT2D eigenvalue weighted by Crippen LogP contribution is -2.35. The zero-order valence-corrected chi connectivity index (χ0v) is 16.5. The van der Waals surface area contributed by atoms with E-state index in [1.165, 1.54) is 11.6 Å². The molecule has 2 heterocycles. The zero-order chi connectivity index (χ0) is 19.6. The summed E-state index contributed by atoms with van der Waals surface area (Å²) >= 11 is 0. The van der Waals surface area contributed by atoms with Crippen molar-refractivity contribution in [1.29, 1.82) is 0 Å². The molecule has 7 heteroatoms. The van der Waals surface area contributed by atoms with Crippen molar-refractivity contribution >= 4 is 15.9 Å². The van der Waals surface area contributed by atoms with E-state index in [2.05, 4.69) is 11.4 Å². The number of amides is 1. The third kappa shape index (κ3) is 3.64. The molecule has 0 unspecified atom stereocenters. The minimum Gasteiger partial charge on any atom is -0.489 e. The molecule has 0 bridgehead atoms. The maximum Gasteiger partial charge on any atom is 0.269 e. The number of para-hydroxylation sites is 1. The largest absolute Gasteiger partial charge is 0.489 e. The number of nitrogens with zero attached hydrogens (tertiary/aromatic N) is 1. The summed E-state index contributed by atoms with van der Waals surface area (Å²) in [6.07, 6.45) is 3.59. The molecule has 2 aliphatic rings. The number of hydrogen-bond donors (Lipinski definition) is 1. The molecular formula is C21H24N2O4S. The molecule has 2 aliphatic heterocycles. The van der Waals surface area contributed by atoms with Gasteiger partial charge in [-0.3, -0.25) is 4.79 Å². The van der Waals surface area contributed by atoms with Crippen LogP contribution < -0.4 is 10.1 Å². The lowest BCUT2D eigenvalue weighted by molar-refractivity contribution is 0.0869. The van der Waals surface area contributed by atoms with Crippen molar-refractivity contribution in [2.75, 3.05) is 19.6 Å². The average Bonchev–Trinajstić information content (AvgIpc) is 2.91. The van der Waals surface area contributed by atoms with Crippen molar-refractivity contribution < 1.29 is 17.9 Å². The molecule has 0 saturated heterocycles. The van der Waals surface area contributed by atoms with E-state index in [9.17, 15) is 13.2 Å². The summed E-state index contributed by atoms with van der Waals surface area (Å²) in [5.74, 6) is 0.552. The molecule has 2 aromatic carbocycles. The van der Waals surface area contributed by atoms with Gasteiger partial charge in [-0.25, -0.2) is 12.7 Å². The monoisotopic (exact) mass is 400 g/mol. The van der Waals surface area contributed by atoms with Crippen LogP contribution in [0.3, 0.4) is 0 Å². The minimum absolute atomic E-state index is 0.118. The Kier molecular flexibility index (Phi) is 5.37. The Bertz CT molecular complexity index is 974. The van der Waals surface area contributed by atoms with Crippen molar-refractivity contribution in [3.63, 3.8) is 0 Å². The molecule has 148 valence electrons. The third-order valence-corrected chi connectivity index (χ3v) is 7.09. The predicted octanol–water partition coefficient (Wildman–Crippen LogP) is 2.59. The normalized spacial score (nSPS) is 19.8. The number of hydrogen-bond acceptors (Lipinski definition) is 5. The Balaban J connectivity index is 1.20. The standard InChI is InChI=1S/C21H24N2O4S/c24-21-18-8-2-4-10-20(18)28(25,26)23(21)14-6-5-13-22-15-17-12-11-16-7-1-3-9-19(16)27-17/h1-4,7-10,17,22H,5-6,11-15H2/t17-/m0/s1. The first-order valence-electron chi connectivity index (χ1n) is 9.69. The summed E-state index contributed by atoms with van der Waals surface area (Å²) in [5.41, 5.74) is 1.53. The van der Waals surface area contributed by atoms with Crippen LogP contribution in [-0.4, -0.2) is 44.4 Å². The lowest BCUT2D eigenvalue weighted by Gasteiger charge is -2.26. The second-order valence-electron chi connectivity index (χ2n) is 7.18. The van der Waals surface area contributed by atoms with Crippen LogP contribution in [0.4, 0.5) is 0 Å². The Hall–Kier alpha value is -2.38. The molecule has 1 N–H and O–H groups in total. The Morgan fingerprint density at radius 3 is 2.71 bits per heavy atom. The number of benzene rings is 2. The molecule has 2 aromatic rings. The van der Waals surface area contributed by atoms with Gasteiger partial charge in [-0.05, 0) is 56.0 Å². The first kappa shape index (κ1) is 19.0. The number of sulfonamides is 1. The lowest BCUT2D eigenvalue weighted by atomic mass is 10.0. The van der Waals surface area contributed by atoms with Crippen molar-refractivity contribution in [3.8, 4) is 5.75 Å². The molecule has 0 aliphatic carbocycles. The van der Waals surface area contributed by atoms with Crippen molar-refractivity contribution in [2.24, 2.45) is 0 Å². The Morgan fingerprint density at radius 2 is 1.86 bits per heavy atom. The van der Waals surface area contributed by atoms with Gasteiger partial charge < -0.3 is 10.1 Å². The molecule has 0 saturated carbocycles.